The van der Waals surface area contributed by atoms with Gasteiger partial charge in [-0.2, -0.15) is 5.10 Å². The van der Waals surface area contributed by atoms with E-state index in [-0.39, 0.29) is 11.9 Å². The molecule has 0 aromatic carbocycles. The number of carbonyl (C=O) groups is 2. The van der Waals surface area contributed by atoms with Crippen molar-refractivity contribution in [2.75, 3.05) is 32.7 Å². The Kier molecular flexibility index (Phi) is 4.16. The number of nitrogens with zero attached hydrogens (tertiary/aromatic N) is 4. The van der Waals surface area contributed by atoms with E-state index >= 15 is 0 Å². The molecule has 130 valence electrons. The lowest BCUT2D eigenvalue weighted by molar-refractivity contribution is 0.0675. The minimum atomic E-state index is 0.0556. The maximum Gasteiger partial charge on any atom is 0.317 e. The van der Waals surface area contributed by atoms with Crippen LogP contribution in [0.4, 0.5) is 4.79 Å². The van der Waals surface area contributed by atoms with E-state index in [0.717, 1.165) is 82.6 Å². The third-order valence-electron chi connectivity index (χ3n) is 5.54. The first-order chi connectivity index (χ1) is 11.7. The Morgan fingerprint density at radius 3 is 2.79 bits per heavy atom. The zero-order valence-corrected chi connectivity index (χ0v) is 14.0. The molecule has 2 fully saturated rings. The number of amides is 3. The quantitative estimate of drug-likeness (QED) is 0.901. The van der Waals surface area contributed by atoms with Crippen molar-refractivity contribution in [2.45, 2.75) is 38.6 Å². The van der Waals surface area contributed by atoms with E-state index in [2.05, 4.69) is 10.4 Å². The average molecular weight is 331 g/mol. The monoisotopic (exact) mass is 331 g/mol. The molecule has 2 saturated heterocycles. The van der Waals surface area contributed by atoms with E-state index in [1.165, 1.54) is 0 Å². The van der Waals surface area contributed by atoms with Gasteiger partial charge in [-0.3, -0.25) is 9.48 Å². The molecule has 0 aliphatic carbocycles. The van der Waals surface area contributed by atoms with Crippen LogP contribution in [0.1, 0.15) is 41.7 Å². The second-order valence-electron chi connectivity index (χ2n) is 7.10. The molecular formula is C17H25N5O2. The standard InChI is InChI=1S/C17H25N5O2/c23-16(14-11-19-22-7-2-1-3-15(14)22)20-8-4-13(5-9-20)12-21-10-6-18-17(21)24/h11,13H,1-10,12H2,(H,18,24). The van der Waals surface area contributed by atoms with Crippen LogP contribution in [0.2, 0.25) is 0 Å². The number of urea groups is 1. The molecule has 0 radical (unpaired) electrons. The fourth-order valence-corrected chi connectivity index (χ4v) is 4.09. The van der Waals surface area contributed by atoms with Gasteiger partial charge >= 0.3 is 6.03 Å². The molecule has 0 unspecified atom stereocenters. The van der Waals surface area contributed by atoms with E-state index in [9.17, 15) is 9.59 Å². The van der Waals surface area contributed by atoms with E-state index in [0.29, 0.717) is 5.92 Å². The number of carbonyl (C=O) groups excluding carboxylic acids is 2. The Bertz CT molecular complexity index is 633. The van der Waals surface area contributed by atoms with Gasteiger partial charge < -0.3 is 15.1 Å². The second kappa shape index (κ2) is 6.45. The summed E-state index contributed by atoms with van der Waals surface area (Å²) in [5.74, 6) is 0.634. The molecule has 1 N–H and O–H groups in total. The number of likely N-dealkylation sites (tertiary alicyclic amines) is 1. The SMILES string of the molecule is O=C1NCCN1CC1CCN(C(=O)c2cnn3c2CCCC3)CC1. The third kappa shape index (κ3) is 2.87. The fraction of sp³-hybridized carbons (Fsp3) is 0.706. The Hall–Kier alpha value is -2.05. The highest BCUT2D eigenvalue weighted by Gasteiger charge is 2.30. The summed E-state index contributed by atoms with van der Waals surface area (Å²) in [6.45, 7) is 4.87. The predicted molar refractivity (Wildman–Crippen MR) is 88.8 cm³/mol. The molecule has 0 atom stereocenters. The summed E-state index contributed by atoms with van der Waals surface area (Å²) >= 11 is 0. The molecule has 0 saturated carbocycles. The Morgan fingerprint density at radius 2 is 2.04 bits per heavy atom. The van der Waals surface area contributed by atoms with Crippen LogP contribution in [0.3, 0.4) is 0 Å². The molecule has 3 aliphatic heterocycles. The van der Waals surface area contributed by atoms with Gasteiger partial charge in [0, 0.05) is 39.3 Å². The highest BCUT2D eigenvalue weighted by atomic mass is 16.2. The Labute approximate surface area is 142 Å². The van der Waals surface area contributed by atoms with Gasteiger partial charge in [0.2, 0.25) is 0 Å². The van der Waals surface area contributed by atoms with Gasteiger partial charge in [-0.05, 0) is 38.0 Å². The van der Waals surface area contributed by atoms with Crippen molar-refractivity contribution < 1.29 is 9.59 Å². The number of nitrogens with one attached hydrogen (secondary N) is 1. The van der Waals surface area contributed by atoms with Gasteiger partial charge in [-0.25, -0.2) is 4.79 Å². The van der Waals surface area contributed by atoms with Crippen LogP contribution in [-0.2, 0) is 13.0 Å². The van der Waals surface area contributed by atoms with Crippen molar-refractivity contribution in [2.24, 2.45) is 5.92 Å². The highest BCUT2D eigenvalue weighted by molar-refractivity contribution is 5.95. The molecule has 0 spiro atoms. The summed E-state index contributed by atoms with van der Waals surface area (Å²) in [6, 6.07) is 0.0556. The van der Waals surface area contributed by atoms with Crippen LogP contribution in [0, 0.1) is 5.92 Å². The third-order valence-corrected chi connectivity index (χ3v) is 5.54. The molecule has 0 bridgehead atoms. The molecule has 4 rings (SSSR count). The lowest BCUT2D eigenvalue weighted by Crippen LogP contribution is -2.42. The topological polar surface area (TPSA) is 70.5 Å². The van der Waals surface area contributed by atoms with E-state index in [4.69, 9.17) is 0 Å². The highest BCUT2D eigenvalue weighted by Crippen LogP contribution is 2.24. The maximum absolute atomic E-state index is 12.8. The summed E-state index contributed by atoms with van der Waals surface area (Å²) < 4.78 is 2.00. The fourth-order valence-electron chi connectivity index (χ4n) is 4.09. The van der Waals surface area contributed by atoms with Crippen LogP contribution in [0.25, 0.3) is 0 Å². The molecule has 1 aromatic rings. The zero-order valence-electron chi connectivity index (χ0n) is 14.0. The minimum absolute atomic E-state index is 0.0556. The summed E-state index contributed by atoms with van der Waals surface area (Å²) in [5, 5.41) is 7.23. The van der Waals surface area contributed by atoms with Crippen molar-refractivity contribution in [3.63, 3.8) is 0 Å². The van der Waals surface area contributed by atoms with Gasteiger partial charge in [0.1, 0.15) is 0 Å². The van der Waals surface area contributed by atoms with Crippen molar-refractivity contribution >= 4 is 11.9 Å². The summed E-state index contributed by atoms with van der Waals surface area (Å²) in [5.41, 5.74) is 1.91. The summed E-state index contributed by atoms with van der Waals surface area (Å²) in [7, 11) is 0. The number of aromatic nitrogens is 2. The van der Waals surface area contributed by atoms with Gasteiger partial charge in [0.15, 0.2) is 0 Å². The van der Waals surface area contributed by atoms with Crippen LogP contribution >= 0.6 is 0 Å². The molecule has 4 heterocycles. The second-order valence-corrected chi connectivity index (χ2v) is 7.10. The van der Waals surface area contributed by atoms with Crippen LogP contribution in [0.5, 0.6) is 0 Å². The normalized spacial score (nSPS) is 21.8. The molecule has 3 amide bonds. The zero-order chi connectivity index (χ0) is 16.5. The van der Waals surface area contributed by atoms with E-state index in [1.54, 1.807) is 6.20 Å². The molecule has 1 aromatic heterocycles. The maximum atomic E-state index is 12.8. The van der Waals surface area contributed by atoms with Crippen molar-refractivity contribution in [3.05, 3.63) is 17.5 Å². The molecule has 7 heteroatoms. The molecular weight excluding hydrogens is 306 g/mol. The van der Waals surface area contributed by atoms with E-state index in [1.807, 2.05) is 14.5 Å². The number of hydrogen-bond acceptors (Lipinski definition) is 3. The van der Waals surface area contributed by atoms with Gasteiger partial charge in [0.25, 0.3) is 5.91 Å². The first kappa shape index (κ1) is 15.5. The van der Waals surface area contributed by atoms with Gasteiger partial charge in [0.05, 0.1) is 17.5 Å². The van der Waals surface area contributed by atoms with Crippen molar-refractivity contribution in [1.29, 1.82) is 0 Å². The molecule has 24 heavy (non-hydrogen) atoms. The Balaban J connectivity index is 1.34. The van der Waals surface area contributed by atoms with Crippen LogP contribution < -0.4 is 5.32 Å². The number of hydrogen-bond donors (Lipinski definition) is 1. The first-order valence-corrected chi connectivity index (χ1v) is 9.09. The smallest absolute Gasteiger partial charge is 0.317 e. The van der Waals surface area contributed by atoms with Crippen molar-refractivity contribution in [1.82, 2.24) is 24.9 Å². The van der Waals surface area contributed by atoms with Crippen molar-refractivity contribution in [3.8, 4) is 0 Å². The molecule has 7 nitrogen and oxygen atoms in total. The lowest BCUT2D eigenvalue weighted by Gasteiger charge is -2.33. The lowest BCUT2D eigenvalue weighted by atomic mass is 9.95. The number of rotatable bonds is 3. The number of aryl methyl sites for hydroxylation is 1. The first-order valence-electron chi connectivity index (χ1n) is 9.09. The van der Waals surface area contributed by atoms with Gasteiger partial charge in [-0.15, -0.1) is 0 Å². The molecule has 3 aliphatic rings. The Morgan fingerprint density at radius 1 is 1.21 bits per heavy atom. The minimum Gasteiger partial charge on any atom is -0.339 e. The number of fused-ring (bicyclic) bond motifs is 1. The largest absolute Gasteiger partial charge is 0.339 e. The summed E-state index contributed by atoms with van der Waals surface area (Å²) in [4.78, 5) is 28.4. The average Bonchev–Trinajstić information content (AvgIpc) is 3.21. The van der Waals surface area contributed by atoms with E-state index < -0.39 is 0 Å². The number of piperidine rings is 1. The summed E-state index contributed by atoms with van der Waals surface area (Å²) in [6.07, 6.45) is 6.95. The van der Waals surface area contributed by atoms with Gasteiger partial charge in [-0.1, -0.05) is 0 Å². The van der Waals surface area contributed by atoms with Crippen LogP contribution in [-0.4, -0.2) is 64.2 Å². The predicted octanol–water partition coefficient (Wildman–Crippen LogP) is 1.10. The van der Waals surface area contributed by atoms with Crippen LogP contribution in [0.15, 0.2) is 6.20 Å².